The zero-order valence-corrected chi connectivity index (χ0v) is 13.4. The zero-order chi connectivity index (χ0) is 15.4. The van der Waals surface area contributed by atoms with Gasteiger partial charge in [-0.2, -0.15) is 0 Å². The molecule has 1 heterocycles. The van der Waals surface area contributed by atoms with Crippen molar-refractivity contribution >= 4 is 33.3 Å². The molecule has 3 N–H and O–H groups in total. The molecule has 0 aliphatic heterocycles. The van der Waals surface area contributed by atoms with Crippen molar-refractivity contribution in [2.24, 2.45) is 0 Å². The average Bonchev–Trinajstić information content (AvgIpc) is 2.46. The summed E-state index contributed by atoms with van der Waals surface area (Å²) in [6, 6.07) is 8.68. The number of pyridine rings is 1. The number of carbonyl (C=O) groups excluding carboxylic acids is 1. The number of hydrogen-bond acceptors (Lipinski definition) is 4. The molecular formula is C15H16BrN3O2. The summed E-state index contributed by atoms with van der Waals surface area (Å²) in [5.74, 6) is 0.667. The Morgan fingerprint density at radius 2 is 2.14 bits per heavy atom. The minimum atomic E-state index is -0.254. The fourth-order valence-corrected chi connectivity index (χ4v) is 2.26. The molecule has 2 aromatic rings. The number of nitrogens with two attached hydrogens (primary N) is 1. The number of rotatable bonds is 4. The quantitative estimate of drug-likeness (QED) is 0.887. The fraction of sp³-hybridized carbons (Fsp3) is 0.200. The van der Waals surface area contributed by atoms with Crippen molar-refractivity contribution in [3.63, 3.8) is 0 Å². The van der Waals surface area contributed by atoms with Crippen LogP contribution in [0.15, 0.2) is 34.8 Å². The smallest absolute Gasteiger partial charge is 0.255 e. The maximum absolute atomic E-state index is 12.3. The van der Waals surface area contributed by atoms with Gasteiger partial charge in [0.1, 0.15) is 11.6 Å². The highest BCUT2D eigenvalue weighted by Crippen LogP contribution is 2.28. The monoisotopic (exact) mass is 349 g/mol. The lowest BCUT2D eigenvalue weighted by Gasteiger charge is -2.11. The molecule has 0 saturated carbocycles. The Balaban J connectivity index is 2.30. The van der Waals surface area contributed by atoms with Gasteiger partial charge in [0.25, 0.3) is 5.91 Å². The Kier molecular flexibility index (Phi) is 4.80. The average molecular weight is 350 g/mol. The van der Waals surface area contributed by atoms with E-state index in [-0.39, 0.29) is 5.91 Å². The maximum Gasteiger partial charge on any atom is 0.255 e. The van der Waals surface area contributed by atoms with Crippen molar-refractivity contribution in [1.82, 2.24) is 4.98 Å². The summed E-state index contributed by atoms with van der Waals surface area (Å²) in [7, 11) is 1.55. The van der Waals surface area contributed by atoms with Gasteiger partial charge in [-0.1, -0.05) is 22.9 Å². The van der Waals surface area contributed by atoms with Crippen molar-refractivity contribution < 1.29 is 9.53 Å². The van der Waals surface area contributed by atoms with E-state index in [1.165, 1.54) is 0 Å². The number of benzene rings is 1. The van der Waals surface area contributed by atoms with E-state index in [4.69, 9.17) is 10.5 Å². The predicted molar refractivity (Wildman–Crippen MR) is 86.7 cm³/mol. The Morgan fingerprint density at radius 1 is 1.38 bits per heavy atom. The summed E-state index contributed by atoms with van der Waals surface area (Å²) < 4.78 is 6.08. The second-order valence-electron chi connectivity index (χ2n) is 4.42. The third-order valence-electron chi connectivity index (χ3n) is 2.93. The molecule has 110 valence electrons. The number of nitrogens with one attached hydrogen (secondary N) is 1. The van der Waals surface area contributed by atoms with Gasteiger partial charge in [-0.05, 0) is 36.8 Å². The van der Waals surface area contributed by atoms with Gasteiger partial charge in [0.15, 0.2) is 0 Å². The lowest BCUT2D eigenvalue weighted by Crippen LogP contribution is -2.14. The standard InChI is InChI=1S/C15H16BrN3O2/c1-3-11-6-9(7-14(17)18-11)15(20)19-12-8-10(16)4-5-13(12)21-2/h4-8H,3H2,1-2H3,(H2,17,18)(H,19,20). The minimum Gasteiger partial charge on any atom is -0.495 e. The maximum atomic E-state index is 12.3. The Morgan fingerprint density at radius 3 is 2.81 bits per heavy atom. The molecule has 2 rings (SSSR count). The van der Waals surface area contributed by atoms with Crippen LogP contribution in [0.4, 0.5) is 11.5 Å². The number of carbonyl (C=O) groups is 1. The number of nitrogens with zero attached hydrogens (tertiary/aromatic N) is 1. The van der Waals surface area contributed by atoms with Crippen LogP contribution in [-0.4, -0.2) is 18.0 Å². The van der Waals surface area contributed by atoms with Crippen LogP contribution in [0.2, 0.25) is 0 Å². The molecule has 0 unspecified atom stereocenters. The van der Waals surface area contributed by atoms with Crippen molar-refractivity contribution in [1.29, 1.82) is 0 Å². The second-order valence-corrected chi connectivity index (χ2v) is 5.34. The van der Waals surface area contributed by atoms with E-state index in [0.29, 0.717) is 29.2 Å². The van der Waals surface area contributed by atoms with Gasteiger partial charge in [-0.25, -0.2) is 4.98 Å². The molecule has 6 heteroatoms. The summed E-state index contributed by atoms with van der Waals surface area (Å²) in [4.78, 5) is 16.5. The van der Waals surface area contributed by atoms with E-state index in [9.17, 15) is 4.79 Å². The number of methoxy groups -OCH3 is 1. The molecule has 0 fully saturated rings. The Labute approximate surface area is 131 Å². The molecule has 1 amide bonds. The molecule has 5 nitrogen and oxygen atoms in total. The molecule has 0 aliphatic carbocycles. The molecule has 0 aliphatic rings. The first-order valence-electron chi connectivity index (χ1n) is 6.44. The van der Waals surface area contributed by atoms with Crippen LogP contribution in [0.25, 0.3) is 0 Å². The fourth-order valence-electron chi connectivity index (χ4n) is 1.90. The Hall–Kier alpha value is -2.08. The molecule has 0 spiro atoms. The molecule has 1 aromatic carbocycles. The van der Waals surface area contributed by atoms with Crippen LogP contribution in [-0.2, 0) is 6.42 Å². The van der Waals surface area contributed by atoms with Gasteiger partial charge < -0.3 is 15.8 Å². The topological polar surface area (TPSA) is 77.2 Å². The van der Waals surface area contributed by atoms with Gasteiger partial charge in [-0.15, -0.1) is 0 Å². The second kappa shape index (κ2) is 6.58. The number of ether oxygens (including phenoxy) is 1. The predicted octanol–water partition coefficient (Wildman–Crippen LogP) is 3.25. The summed E-state index contributed by atoms with van der Waals surface area (Å²) in [5, 5.41) is 2.82. The van der Waals surface area contributed by atoms with E-state index >= 15 is 0 Å². The third kappa shape index (κ3) is 3.72. The van der Waals surface area contributed by atoms with E-state index in [1.807, 2.05) is 13.0 Å². The van der Waals surface area contributed by atoms with Crippen LogP contribution in [0.1, 0.15) is 23.0 Å². The van der Waals surface area contributed by atoms with Crippen molar-refractivity contribution in [2.75, 3.05) is 18.2 Å². The number of amides is 1. The first kappa shape index (κ1) is 15.3. The summed E-state index contributed by atoms with van der Waals surface area (Å²) in [5.41, 5.74) is 7.56. The summed E-state index contributed by atoms with van der Waals surface area (Å²) in [6.07, 6.45) is 0.714. The van der Waals surface area contributed by atoms with Gasteiger partial charge >= 0.3 is 0 Å². The first-order chi connectivity index (χ1) is 10.0. The summed E-state index contributed by atoms with van der Waals surface area (Å²) >= 11 is 3.37. The third-order valence-corrected chi connectivity index (χ3v) is 3.43. The molecule has 0 bridgehead atoms. The van der Waals surface area contributed by atoms with Gasteiger partial charge in [-0.3, -0.25) is 4.79 Å². The lowest BCUT2D eigenvalue weighted by molar-refractivity contribution is 0.102. The highest BCUT2D eigenvalue weighted by molar-refractivity contribution is 9.10. The van der Waals surface area contributed by atoms with Crippen LogP contribution in [0.5, 0.6) is 5.75 Å². The molecule has 0 saturated heterocycles. The van der Waals surface area contributed by atoms with Gasteiger partial charge in [0, 0.05) is 15.7 Å². The lowest BCUT2D eigenvalue weighted by atomic mass is 10.1. The van der Waals surface area contributed by atoms with Crippen LogP contribution in [0, 0.1) is 0 Å². The van der Waals surface area contributed by atoms with Crippen molar-refractivity contribution in [3.05, 3.63) is 46.1 Å². The van der Waals surface area contributed by atoms with E-state index in [2.05, 4.69) is 26.2 Å². The SMILES string of the molecule is CCc1cc(C(=O)Nc2cc(Br)ccc2OC)cc(N)n1. The van der Waals surface area contributed by atoms with Crippen LogP contribution < -0.4 is 15.8 Å². The van der Waals surface area contributed by atoms with Crippen molar-refractivity contribution in [3.8, 4) is 5.75 Å². The number of halogens is 1. The molecule has 0 radical (unpaired) electrons. The zero-order valence-electron chi connectivity index (χ0n) is 11.8. The highest BCUT2D eigenvalue weighted by atomic mass is 79.9. The van der Waals surface area contributed by atoms with Crippen LogP contribution in [0.3, 0.4) is 0 Å². The number of aromatic nitrogens is 1. The largest absolute Gasteiger partial charge is 0.495 e. The van der Waals surface area contributed by atoms with Crippen molar-refractivity contribution in [2.45, 2.75) is 13.3 Å². The summed E-state index contributed by atoms with van der Waals surface area (Å²) in [6.45, 7) is 1.96. The minimum absolute atomic E-state index is 0.254. The first-order valence-corrected chi connectivity index (χ1v) is 7.24. The molecule has 1 aromatic heterocycles. The van der Waals surface area contributed by atoms with Gasteiger partial charge in [0.2, 0.25) is 0 Å². The normalized spacial score (nSPS) is 10.2. The van der Waals surface area contributed by atoms with Gasteiger partial charge in [0.05, 0.1) is 12.8 Å². The molecular weight excluding hydrogens is 334 g/mol. The van der Waals surface area contributed by atoms with E-state index in [0.717, 1.165) is 10.2 Å². The van der Waals surface area contributed by atoms with E-state index in [1.54, 1.807) is 31.4 Å². The molecule has 21 heavy (non-hydrogen) atoms. The Bertz CT molecular complexity index is 674. The highest BCUT2D eigenvalue weighted by Gasteiger charge is 2.12. The number of nitrogen functional groups attached to an aromatic ring is 1. The number of aryl methyl sites for hydroxylation is 1. The van der Waals surface area contributed by atoms with E-state index < -0.39 is 0 Å². The number of anilines is 2. The van der Waals surface area contributed by atoms with Crippen LogP contribution >= 0.6 is 15.9 Å². The molecule has 0 atom stereocenters. The number of hydrogen-bond donors (Lipinski definition) is 2.